The first-order chi connectivity index (χ1) is 8.70. The molecular formula is C13H16ClNO2S. The normalized spacial score (nSPS) is 18.8. The number of halogens is 1. The molecule has 18 heavy (non-hydrogen) atoms. The second kappa shape index (κ2) is 6.36. The van der Waals surface area contributed by atoms with Crippen molar-refractivity contribution in [1.82, 2.24) is 4.90 Å². The van der Waals surface area contributed by atoms with Crippen LogP contribution in [-0.4, -0.2) is 30.1 Å². The highest BCUT2D eigenvalue weighted by atomic mass is 35.5. The molecule has 2 rings (SSSR count). The standard InChI is InChI=1S/C13H16ClNO2S/c1-2-7-15(9-10-5-6-12(14)18-10)13(16)11-4-3-8-17-11/h2,5-6,11H,1,3-4,7-9H2/t11-/m0/s1. The molecule has 5 heteroatoms. The number of hydrogen-bond donors (Lipinski definition) is 0. The van der Waals surface area contributed by atoms with Gasteiger partial charge in [0.1, 0.15) is 6.10 Å². The number of rotatable bonds is 5. The van der Waals surface area contributed by atoms with Crippen LogP contribution >= 0.6 is 22.9 Å². The van der Waals surface area contributed by atoms with Crippen molar-refractivity contribution in [2.24, 2.45) is 0 Å². The van der Waals surface area contributed by atoms with E-state index in [2.05, 4.69) is 6.58 Å². The van der Waals surface area contributed by atoms with Crippen molar-refractivity contribution < 1.29 is 9.53 Å². The van der Waals surface area contributed by atoms with E-state index in [9.17, 15) is 4.79 Å². The van der Waals surface area contributed by atoms with E-state index in [1.165, 1.54) is 11.3 Å². The van der Waals surface area contributed by atoms with E-state index in [1.807, 2.05) is 12.1 Å². The lowest BCUT2D eigenvalue weighted by Crippen LogP contribution is -2.38. The zero-order valence-corrected chi connectivity index (χ0v) is 11.7. The predicted octanol–water partition coefficient (Wildman–Crippen LogP) is 3.10. The van der Waals surface area contributed by atoms with Gasteiger partial charge in [-0.2, -0.15) is 0 Å². The summed E-state index contributed by atoms with van der Waals surface area (Å²) in [6.07, 6.45) is 3.24. The first-order valence-electron chi connectivity index (χ1n) is 5.96. The number of thiophene rings is 1. The Hall–Kier alpha value is -0.840. The fourth-order valence-electron chi connectivity index (χ4n) is 1.99. The molecule has 0 radical (unpaired) electrons. The van der Waals surface area contributed by atoms with E-state index in [1.54, 1.807) is 11.0 Å². The van der Waals surface area contributed by atoms with Gasteiger partial charge in [-0.15, -0.1) is 17.9 Å². The molecule has 98 valence electrons. The SMILES string of the molecule is C=CCN(Cc1ccc(Cl)s1)C(=O)[C@@H]1CCCO1. The van der Waals surface area contributed by atoms with Crippen molar-refractivity contribution in [1.29, 1.82) is 0 Å². The van der Waals surface area contributed by atoms with Gasteiger partial charge in [0.2, 0.25) is 0 Å². The molecular weight excluding hydrogens is 270 g/mol. The number of amides is 1. The quantitative estimate of drug-likeness (QED) is 0.778. The van der Waals surface area contributed by atoms with Crippen molar-refractivity contribution in [2.75, 3.05) is 13.2 Å². The second-order valence-electron chi connectivity index (χ2n) is 4.21. The largest absolute Gasteiger partial charge is 0.368 e. The Morgan fingerprint density at radius 2 is 2.50 bits per heavy atom. The summed E-state index contributed by atoms with van der Waals surface area (Å²) in [5.74, 6) is 0.0527. The van der Waals surface area contributed by atoms with Crippen LogP contribution in [0.3, 0.4) is 0 Å². The van der Waals surface area contributed by atoms with Gasteiger partial charge < -0.3 is 9.64 Å². The minimum Gasteiger partial charge on any atom is -0.368 e. The Balaban J connectivity index is 2.02. The van der Waals surface area contributed by atoms with Crippen LogP contribution in [0.15, 0.2) is 24.8 Å². The zero-order chi connectivity index (χ0) is 13.0. The summed E-state index contributed by atoms with van der Waals surface area (Å²) in [7, 11) is 0. The number of carbonyl (C=O) groups excluding carboxylic acids is 1. The van der Waals surface area contributed by atoms with Gasteiger partial charge in [-0.25, -0.2) is 0 Å². The third-order valence-electron chi connectivity index (χ3n) is 2.84. The molecule has 0 aromatic carbocycles. The molecule has 3 nitrogen and oxygen atoms in total. The van der Waals surface area contributed by atoms with E-state index < -0.39 is 0 Å². The second-order valence-corrected chi connectivity index (χ2v) is 6.01. The number of nitrogens with zero attached hydrogens (tertiary/aromatic N) is 1. The van der Waals surface area contributed by atoms with Crippen molar-refractivity contribution in [2.45, 2.75) is 25.5 Å². The highest BCUT2D eigenvalue weighted by Crippen LogP contribution is 2.24. The molecule has 1 aromatic rings. The molecule has 2 heterocycles. The molecule has 1 aromatic heterocycles. The Morgan fingerprint density at radius 1 is 1.67 bits per heavy atom. The zero-order valence-electron chi connectivity index (χ0n) is 10.1. The molecule has 1 atom stereocenters. The molecule has 0 saturated carbocycles. The number of carbonyl (C=O) groups is 1. The van der Waals surface area contributed by atoms with Crippen LogP contribution in [0, 0.1) is 0 Å². The Morgan fingerprint density at radius 3 is 3.06 bits per heavy atom. The van der Waals surface area contributed by atoms with Gasteiger partial charge in [0, 0.05) is 18.0 Å². The first kappa shape index (κ1) is 13.6. The van der Waals surface area contributed by atoms with Gasteiger partial charge in [0.25, 0.3) is 5.91 Å². The van der Waals surface area contributed by atoms with E-state index in [4.69, 9.17) is 16.3 Å². The van der Waals surface area contributed by atoms with Crippen LogP contribution in [0.25, 0.3) is 0 Å². The molecule has 0 spiro atoms. The summed E-state index contributed by atoms with van der Waals surface area (Å²) < 4.78 is 6.18. The van der Waals surface area contributed by atoms with Gasteiger partial charge in [0.15, 0.2) is 0 Å². The molecule has 1 saturated heterocycles. The van der Waals surface area contributed by atoms with Gasteiger partial charge >= 0.3 is 0 Å². The van der Waals surface area contributed by atoms with Crippen LogP contribution in [0.2, 0.25) is 4.34 Å². The third-order valence-corrected chi connectivity index (χ3v) is 4.06. The molecule has 1 aliphatic rings. The number of ether oxygens (including phenoxy) is 1. The van der Waals surface area contributed by atoms with Crippen molar-refractivity contribution >= 4 is 28.8 Å². The summed E-state index contributed by atoms with van der Waals surface area (Å²) in [4.78, 5) is 15.1. The smallest absolute Gasteiger partial charge is 0.252 e. The summed E-state index contributed by atoms with van der Waals surface area (Å²) in [6, 6.07) is 3.80. The van der Waals surface area contributed by atoms with Crippen LogP contribution in [0.5, 0.6) is 0 Å². The monoisotopic (exact) mass is 285 g/mol. The minimum absolute atomic E-state index is 0.0527. The lowest BCUT2D eigenvalue weighted by atomic mass is 10.2. The van der Waals surface area contributed by atoms with Crippen LogP contribution in [-0.2, 0) is 16.1 Å². The molecule has 0 unspecified atom stereocenters. The summed E-state index contributed by atoms with van der Waals surface area (Å²) in [5.41, 5.74) is 0. The summed E-state index contributed by atoms with van der Waals surface area (Å²) in [5, 5.41) is 0. The van der Waals surface area contributed by atoms with Gasteiger partial charge in [0.05, 0.1) is 10.9 Å². The molecule has 1 amide bonds. The average Bonchev–Trinajstić information content (AvgIpc) is 2.99. The average molecular weight is 286 g/mol. The lowest BCUT2D eigenvalue weighted by molar-refractivity contribution is -0.140. The van der Waals surface area contributed by atoms with Gasteiger partial charge in [-0.05, 0) is 25.0 Å². The highest BCUT2D eigenvalue weighted by Gasteiger charge is 2.27. The Labute approximate surface area is 116 Å². The summed E-state index contributed by atoms with van der Waals surface area (Å²) >= 11 is 7.40. The first-order valence-corrected chi connectivity index (χ1v) is 7.15. The van der Waals surface area contributed by atoms with Crippen LogP contribution in [0.4, 0.5) is 0 Å². The third kappa shape index (κ3) is 3.34. The lowest BCUT2D eigenvalue weighted by Gasteiger charge is -2.23. The molecule has 1 fully saturated rings. The predicted molar refractivity (Wildman–Crippen MR) is 73.9 cm³/mol. The fourth-order valence-corrected chi connectivity index (χ4v) is 3.09. The van der Waals surface area contributed by atoms with E-state index in [0.717, 1.165) is 22.1 Å². The highest BCUT2D eigenvalue weighted by molar-refractivity contribution is 7.16. The molecule has 0 bridgehead atoms. The van der Waals surface area contributed by atoms with Gasteiger partial charge in [-0.3, -0.25) is 4.79 Å². The fraction of sp³-hybridized carbons (Fsp3) is 0.462. The Bertz CT molecular complexity index is 426. The summed E-state index contributed by atoms with van der Waals surface area (Å²) in [6.45, 7) is 5.49. The molecule has 1 aliphatic heterocycles. The van der Waals surface area contributed by atoms with Crippen LogP contribution in [0.1, 0.15) is 17.7 Å². The molecule has 0 N–H and O–H groups in total. The van der Waals surface area contributed by atoms with Crippen LogP contribution < -0.4 is 0 Å². The van der Waals surface area contributed by atoms with Crippen molar-refractivity contribution in [3.63, 3.8) is 0 Å². The Kier molecular flexibility index (Phi) is 4.80. The maximum absolute atomic E-state index is 12.3. The topological polar surface area (TPSA) is 29.5 Å². The van der Waals surface area contributed by atoms with Crippen molar-refractivity contribution in [3.05, 3.63) is 34.0 Å². The van der Waals surface area contributed by atoms with Crippen molar-refractivity contribution in [3.8, 4) is 0 Å². The maximum Gasteiger partial charge on any atom is 0.252 e. The number of hydrogen-bond acceptors (Lipinski definition) is 3. The van der Waals surface area contributed by atoms with E-state index >= 15 is 0 Å². The maximum atomic E-state index is 12.3. The van der Waals surface area contributed by atoms with Gasteiger partial charge in [-0.1, -0.05) is 17.7 Å². The van der Waals surface area contributed by atoms with E-state index in [-0.39, 0.29) is 12.0 Å². The minimum atomic E-state index is -0.277. The van der Waals surface area contributed by atoms with E-state index in [0.29, 0.717) is 19.7 Å². The molecule has 0 aliphatic carbocycles.